The van der Waals surface area contributed by atoms with Crippen molar-refractivity contribution in [3.8, 4) is 0 Å². The smallest absolute Gasteiger partial charge is 0.227 e. The fourth-order valence-electron chi connectivity index (χ4n) is 1.48. The summed E-state index contributed by atoms with van der Waals surface area (Å²) in [4.78, 5) is 23.6. The summed E-state index contributed by atoms with van der Waals surface area (Å²) < 4.78 is 0. The Kier molecular flexibility index (Phi) is 4.84. The van der Waals surface area contributed by atoms with Crippen LogP contribution < -0.4 is 10.6 Å². The first kappa shape index (κ1) is 14.2. The van der Waals surface area contributed by atoms with Crippen molar-refractivity contribution in [2.45, 2.75) is 13.3 Å². The fourth-order valence-corrected chi connectivity index (χ4v) is 1.66. The zero-order valence-corrected chi connectivity index (χ0v) is 11.7. The highest BCUT2D eigenvalue weighted by Gasteiger charge is 2.05. The van der Waals surface area contributed by atoms with E-state index in [1.165, 1.54) is 12.5 Å². The Balaban J connectivity index is 1.78. The van der Waals surface area contributed by atoms with E-state index in [9.17, 15) is 4.79 Å². The van der Waals surface area contributed by atoms with E-state index in [2.05, 4.69) is 25.6 Å². The van der Waals surface area contributed by atoms with Gasteiger partial charge in [-0.3, -0.25) is 4.79 Å². The molecule has 0 atom stereocenters. The number of amides is 1. The number of halogens is 1. The molecule has 0 spiro atoms. The summed E-state index contributed by atoms with van der Waals surface area (Å²) in [5.41, 5.74) is 1.04. The molecule has 7 heteroatoms. The Bertz CT molecular complexity index is 588. The summed E-state index contributed by atoms with van der Waals surface area (Å²) in [7, 11) is 0. The Morgan fingerprint density at radius 1 is 1.30 bits per heavy atom. The summed E-state index contributed by atoms with van der Waals surface area (Å²) in [6.07, 6.45) is 4.88. The van der Waals surface area contributed by atoms with Crippen molar-refractivity contribution in [3.63, 3.8) is 0 Å². The second-order valence-electron chi connectivity index (χ2n) is 4.17. The lowest BCUT2D eigenvalue weighted by atomic mass is 10.3. The van der Waals surface area contributed by atoms with Crippen molar-refractivity contribution in [2.75, 3.05) is 17.2 Å². The molecule has 0 aliphatic carbocycles. The molecule has 2 aromatic heterocycles. The Labute approximate surface area is 121 Å². The Morgan fingerprint density at radius 3 is 2.85 bits per heavy atom. The van der Waals surface area contributed by atoms with Crippen LogP contribution in [0.15, 0.2) is 30.9 Å². The van der Waals surface area contributed by atoms with E-state index in [0.29, 0.717) is 23.2 Å². The van der Waals surface area contributed by atoms with Crippen molar-refractivity contribution in [2.24, 2.45) is 0 Å². The SMILES string of the molecule is Cc1ccc(NC(=O)CCNc2ncncc2Cl)nc1. The van der Waals surface area contributed by atoms with Crippen LogP contribution in [0.4, 0.5) is 11.6 Å². The van der Waals surface area contributed by atoms with Crippen molar-refractivity contribution in [1.82, 2.24) is 15.0 Å². The number of hydrogen-bond donors (Lipinski definition) is 2. The van der Waals surface area contributed by atoms with Gasteiger partial charge in [-0.05, 0) is 18.6 Å². The molecule has 2 rings (SSSR count). The maximum atomic E-state index is 11.7. The molecule has 104 valence electrons. The van der Waals surface area contributed by atoms with Crippen LogP contribution in [0.5, 0.6) is 0 Å². The van der Waals surface area contributed by atoms with Gasteiger partial charge in [0.05, 0.1) is 6.20 Å². The van der Waals surface area contributed by atoms with Gasteiger partial charge in [0.15, 0.2) is 0 Å². The van der Waals surface area contributed by atoms with Gasteiger partial charge in [-0.2, -0.15) is 0 Å². The van der Waals surface area contributed by atoms with Crippen LogP contribution in [0, 0.1) is 6.92 Å². The van der Waals surface area contributed by atoms with E-state index in [4.69, 9.17) is 11.6 Å². The summed E-state index contributed by atoms with van der Waals surface area (Å²) in [5, 5.41) is 6.11. The first-order valence-corrected chi connectivity index (χ1v) is 6.45. The standard InChI is InChI=1S/C13H14ClN5O/c1-9-2-3-11(17-6-9)19-12(20)4-5-16-13-10(14)7-15-8-18-13/h2-3,6-8H,4-5H2,1H3,(H,15,16,18)(H,17,19,20). The van der Waals surface area contributed by atoms with Crippen molar-refractivity contribution in [3.05, 3.63) is 41.4 Å². The van der Waals surface area contributed by atoms with Crippen LogP contribution >= 0.6 is 11.6 Å². The number of aromatic nitrogens is 3. The highest BCUT2D eigenvalue weighted by atomic mass is 35.5. The van der Waals surface area contributed by atoms with Gasteiger partial charge in [-0.1, -0.05) is 17.7 Å². The predicted molar refractivity (Wildman–Crippen MR) is 77.8 cm³/mol. The van der Waals surface area contributed by atoms with E-state index in [-0.39, 0.29) is 12.3 Å². The third kappa shape index (κ3) is 4.17. The number of nitrogens with zero attached hydrogens (tertiary/aromatic N) is 3. The third-order valence-electron chi connectivity index (χ3n) is 2.49. The highest BCUT2D eigenvalue weighted by Crippen LogP contribution is 2.15. The van der Waals surface area contributed by atoms with Crippen LogP contribution in [-0.2, 0) is 4.79 Å². The molecule has 2 N–H and O–H groups in total. The predicted octanol–water partition coefficient (Wildman–Crippen LogP) is 2.27. The highest BCUT2D eigenvalue weighted by molar-refractivity contribution is 6.32. The number of carbonyl (C=O) groups excluding carboxylic acids is 1. The van der Waals surface area contributed by atoms with Gasteiger partial charge in [-0.15, -0.1) is 0 Å². The molecule has 20 heavy (non-hydrogen) atoms. The van der Waals surface area contributed by atoms with Crippen LogP contribution in [0.25, 0.3) is 0 Å². The molecule has 0 aliphatic rings. The molecule has 0 saturated heterocycles. The van der Waals surface area contributed by atoms with Crippen LogP contribution in [0.3, 0.4) is 0 Å². The Hall–Kier alpha value is -2.21. The average Bonchev–Trinajstić information content (AvgIpc) is 2.43. The number of pyridine rings is 1. The molecule has 0 aromatic carbocycles. The van der Waals surface area contributed by atoms with E-state index in [1.54, 1.807) is 12.3 Å². The van der Waals surface area contributed by atoms with E-state index in [0.717, 1.165) is 5.56 Å². The van der Waals surface area contributed by atoms with E-state index in [1.807, 2.05) is 13.0 Å². The normalized spacial score (nSPS) is 10.1. The van der Waals surface area contributed by atoms with E-state index < -0.39 is 0 Å². The first-order chi connectivity index (χ1) is 9.65. The minimum atomic E-state index is -0.126. The second kappa shape index (κ2) is 6.81. The summed E-state index contributed by atoms with van der Waals surface area (Å²) >= 11 is 5.89. The van der Waals surface area contributed by atoms with Gasteiger partial charge in [0.25, 0.3) is 0 Å². The third-order valence-corrected chi connectivity index (χ3v) is 2.77. The maximum absolute atomic E-state index is 11.7. The topological polar surface area (TPSA) is 79.8 Å². The molecule has 0 fully saturated rings. The van der Waals surface area contributed by atoms with Gasteiger partial charge >= 0.3 is 0 Å². The number of carbonyl (C=O) groups is 1. The molecule has 0 aliphatic heterocycles. The number of nitrogens with one attached hydrogen (secondary N) is 2. The largest absolute Gasteiger partial charge is 0.368 e. The van der Waals surface area contributed by atoms with Gasteiger partial charge in [0.2, 0.25) is 5.91 Å². The van der Waals surface area contributed by atoms with Crippen molar-refractivity contribution >= 4 is 29.1 Å². The number of anilines is 2. The molecular weight excluding hydrogens is 278 g/mol. The quantitative estimate of drug-likeness (QED) is 0.883. The zero-order chi connectivity index (χ0) is 14.4. The fraction of sp³-hybridized carbons (Fsp3) is 0.231. The maximum Gasteiger partial charge on any atom is 0.227 e. The van der Waals surface area contributed by atoms with E-state index >= 15 is 0 Å². The van der Waals surface area contributed by atoms with Crippen LogP contribution in [0.1, 0.15) is 12.0 Å². The van der Waals surface area contributed by atoms with Crippen LogP contribution in [0.2, 0.25) is 5.02 Å². The molecule has 0 saturated carbocycles. The summed E-state index contributed by atoms with van der Waals surface area (Å²) in [6, 6.07) is 3.66. The minimum Gasteiger partial charge on any atom is -0.368 e. The van der Waals surface area contributed by atoms with Gasteiger partial charge in [0, 0.05) is 19.2 Å². The summed E-state index contributed by atoms with van der Waals surface area (Å²) in [5.74, 6) is 0.933. The van der Waals surface area contributed by atoms with Gasteiger partial charge in [0.1, 0.15) is 23.0 Å². The second-order valence-corrected chi connectivity index (χ2v) is 4.57. The number of hydrogen-bond acceptors (Lipinski definition) is 5. The van der Waals surface area contributed by atoms with Gasteiger partial charge < -0.3 is 10.6 Å². The molecule has 2 heterocycles. The van der Waals surface area contributed by atoms with Crippen LogP contribution in [-0.4, -0.2) is 27.4 Å². The summed E-state index contributed by atoms with van der Waals surface area (Å²) in [6.45, 7) is 2.36. The molecule has 0 bridgehead atoms. The lowest BCUT2D eigenvalue weighted by molar-refractivity contribution is -0.116. The van der Waals surface area contributed by atoms with Gasteiger partial charge in [-0.25, -0.2) is 15.0 Å². The minimum absolute atomic E-state index is 0.126. The lowest BCUT2D eigenvalue weighted by Crippen LogP contribution is -2.17. The van der Waals surface area contributed by atoms with Crippen molar-refractivity contribution in [1.29, 1.82) is 0 Å². The molecular formula is C13H14ClN5O. The zero-order valence-electron chi connectivity index (χ0n) is 10.9. The number of rotatable bonds is 5. The van der Waals surface area contributed by atoms with Crippen molar-refractivity contribution < 1.29 is 4.79 Å². The molecule has 1 amide bonds. The first-order valence-electron chi connectivity index (χ1n) is 6.07. The lowest BCUT2D eigenvalue weighted by Gasteiger charge is -2.07. The Morgan fingerprint density at radius 2 is 2.15 bits per heavy atom. The number of aryl methyl sites for hydroxylation is 1. The molecule has 0 radical (unpaired) electrons. The molecule has 0 unspecified atom stereocenters. The molecule has 2 aromatic rings. The molecule has 6 nitrogen and oxygen atoms in total. The average molecular weight is 292 g/mol. The monoisotopic (exact) mass is 291 g/mol.